The highest BCUT2D eigenvalue weighted by atomic mass is 35.5. The van der Waals surface area contributed by atoms with Crippen LogP contribution in [-0.2, 0) is 23.4 Å². The zero-order valence-corrected chi connectivity index (χ0v) is 23.7. The summed E-state index contributed by atoms with van der Waals surface area (Å²) < 4.78 is 37.7. The summed E-state index contributed by atoms with van der Waals surface area (Å²) >= 11 is 6.85. The molecular formula is C24H31ClN7O7P. The summed E-state index contributed by atoms with van der Waals surface area (Å²) in [7, 11) is -2.56. The van der Waals surface area contributed by atoms with E-state index in [1.165, 1.54) is 23.9 Å². The number of aromatic nitrogens is 4. The number of hydrogen-bond donors (Lipinski definition) is 4. The summed E-state index contributed by atoms with van der Waals surface area (Å²) in [6.07, 6.45) is -0.814. The average molecular weight is 596 g/mol. The standard InChI is InChI=1S/C24H31ClN7O7P/c1-5-24(25)18(33)16(38-22(24)32-13-28-17-19(27-4)29-23(26)30-20(17)32)12-37-40(35,31-14(3)21(34)36-6-2)39-15-10-8-7-9-11-15/h5,7-11,13-14,16,18,22,33H,1,6,12H2,2-4H3,(H,31,35)(H3,26,27,29,30)/t14-,16+,18+,22+,24+,40-/m0/s1. The Bertz CT molecular complexity index is 1410. The van der Waals surface area contributed by atoms with Crippen molar-refractivity contribution in [3.8, 4) is 5.75 Å². The molecule has 6 atom stereocenters. The number of carbonyl (C=O) groups excluding carboxylic acids is 1. The van der Waals surface area contributed by atoms with E-state index in [9.17, 15) is 14.5 Å². The summed E-state index contributed by atoms with van der Waals surface area (Å²) in [4.78, 5) is 23.4. The van der Waals surface area contributed by atoms with Gasteiger partial charge in [-0.3, -0.25) is 13.9 Å². The monoisotopic (exact) mass is 595 g/mol. The maximum atomic E-state index is 13.8. The van der Waals surface area contributed by atoms with Gasteiger partial charge in [-0.25, -0.2) is 9.55 Å². The smallest absolute Gasteiger partial charge is 0.459 e. The molecule has 2 aromatic heterocycles. The molecule has 0 unspecified atom stereocenters. The van der Waals surface area contributed by atoms with Crippen LogP contribution in [-0.4, -0.2) is 74.0 Å². The van der Waals surface area contributed by atoms with Gasteiger partial charge in [0.15, 0.2) is 23.2 Å². The Hall–Kier alpha value is -3.26. The summed E-state index contributed by atoms with van der Waals surface area (Å²) in [6.45, 7) is 6.57. The molecule has 40 heavy (non-hydrogen) atoms. The average Bonchev–Trinajstić information content (AvgIpc) is 3.46. The topological polar surface area (TPSA) is 185 Å². The lowest BCUT2D eigenvalue weighted by atomic mass is 9.99. The Morgan fingerprint density at radius 1 is 1.40 bits per heavy atom. The van der Waals surface area contributed by atoms with Gasteiger partial charge in [0, 0.05) is 7.05 Å². The molecular weight excluding hydrogens is 565 g/mol. The van der Waals surface area contributed by atoms with Crippen LogP contribution in [0.25, 0.3) is 11.2 Å². The van der Waals surface area contributed by atoms with Gasteiger partial charge in [-0.05, 0) is 26.0 Å². The number of nitrogen functional groups attached to an aromatic ring is 1. The number of alkyl halides is 1. The van der Waals surface area contributed by atoms with Gasteiger partial charge < -0.3 is 30.2 Å². The van der Waals surface area contributed by atoms with Gasteiger partial charge in [-0.2, -0.15) is 15.1 Å². The molecule has 0 spiro atoms. The van der Waals surface area contributed by atoms with Crippen molar-refractivity contribution in [1.82, 2.24) is 24.6 Å². The Labute approximate surface area is 235 Å². The van der Waals surface area contributed by atoms with E-state index < -0.39 is 49.7 Å². The van der Waals surface area contributed by atoms with E-state index >= 15 is 0 Å². The molecule has 14 nitrogen and oxygen atoms in total. The lowest BCUT2D eigenvalue weighted by Gasteiger charge is -2.27. The number of carbonyl (C=O) groups is 1. The zero-order chi connectivity index (χ0) is 29.1. The number of halogens is 1. The third-order valence-electron chi connectivity index (χ3n) is 6.10. The Kier molecular flexibility index (Phi) is 8.98. The molecule has 1 aliphatic heterocycles. The van der Waals surface area contributed by atoms with Crippen LogP contribution < -0.4 is 20.7 Å². The third kappa shape index (κ3) is 5.92. The molecule has 0 amide bonds. The normalized spacial score (nSPS) is 24.8. The second-order valence-corrected chi connectivity index (χ2v) is 11.2. The number of para-hydroxylation sites is 1. The highest BCUT2D eigenvalue weighted by Crippen LogP contribution is 2.49. The van der Waals surface area contributed by atoms with Gasteiger partial charge in [0.1, 0.15) is 28.9 Å². The maximum Gasteiger partial charge on any atom is 0.459 e. The number of rotatable bonds is 12. The number of nitrogens with two attached hydrogens (primary N) is 1. The molecule has 1 saturated heterocycles. The van der Waals surface area contributed by atoms with Crippen LogP contribution in [0.15, 0.2) is 49.3 Å². The molecule has 4 rings (SSSR count). The van der Waals surface area contributed by atoms with E-state index in [4.69, 9.17) is 35.9 Å². The van der Waals surface area contributed by atoms with Gasteiger partial charge in [0.25, 0.3) is 0 Å². The number of nitrogens with one attached hydrogen (secondary N) is 2. The Morgan fingerprint density at radius 2 is 2.12 bits per heavy atom. The van der Waals surface area contributed by atoms with Crippen molar-refractivity contribution >= 4 is 48.2 Å². The first-order valence-corrected chi connectivity index (χ1v) is 14.2. The first kappa shape index (κ1) is 29.7. The quantitative estimate of drug-likeness (QED) is 0.104. The van der Waals surface area contributed by atoms with E-state index in [0.717, 1.165) is 0 Å². The minimum absolute atomic E-state index is 0.0170. The molecule has 1 aliphatic rings. The lowest BCUT2D eigenvalue weighted by molar-refractivity contribution is -0.144. The molecule has 0 radical (unpaired) electrons. The van der Waals surface area contributed by atoms with E-state index in [1.807, 2.05) is 0 Å². The predicted octanol–water partition coefficient (Wildman–Crippen LogP) is 2.62. The van der Waals surface area contributed by atoms with Crippen molar-refractivity contribution in [1.29, 1.82) is 0 Å². The molecule has 3 heterocycles. The van der Waals surface area contributed by atoms with Crippen molar-refractivity contribution in [2.24, 2.45) is 0 Å². The fourth-order valence-electron chi connectivity index (χ4n) is 4.12. The largest absolute Gasteiger partial charge is 0.465 e. The van der Waals surface area contributed by atoms with Crippen LogP contribution in [0.1, 0.15) is 20.1 Å². The molecule has 0 saturated carbocycles. The number of hydrogen-bond acceptors (Lipinski definition) is 12. The van der Waals surface area contributed by atoms with Crippen LogP contribution in [0.5, 0.6) is 5.75 Å². The van der Waals surface area contributed by atoms with E-state index in [1.54, 1.807) is 44.3 Å². The molecule has 5 N–H and O–H groups in total. The number of imidazole rings is 1. The second-order valence-electron chi connectivity index (χ2n) is 8.81. The molecule has 1 aromatic carbocycles. The van der Waals surface area contributed by atoms with Gasteiger partial charge >= 0.3 is 13.7 Å². The Balaban J connectivity index is 1.60. The highest BCUT2D eigenvalue weighted by molar-refractivity contribution is 7.52. The van der Waals surface area contributed by atoms with Gasteiger partial charge in [-0.1, -0.05) is 24.3 Å². The second kappa shape index (κ2) is 12.1. The number of aliphatic hydroxyl groups is 1. The van der Waals surface area contributed by atoms with Gasteiger partial charge in [-0.15, -0.1) is 18.2 Å². The molecule has 3 aromatic rings. The van der Waals surface area contributed by atoms with Crippen molar-refractivity contribution in [3.05, 3.63) is 49.3 Å². The zero-order valence-electron chi connectivity index (χ0n) is 22.1. The van der Waals surface area contributed by atoms with Crippen LogP contribution in [0.4, 0.5) is 11.8 Å². The maximum absolute atomic E-state index is 13.8. The number of fused-ring (bicyclic) bond motifs is 1. The molecule has 216 valence electrons. The van der Waals surface area contributed by atoms with Gasteiger partial charge in [0.2, 0.25) is 5.95 Å². The molecule has 1 fully saturated rings. The molecule has 0 bridgehead atoms. The third-order valence-corrected chi connectivity index (χ3v) is 8.31. The summed E-state index contributed by atoms with van der Waals surface area (Å²) in [5, 5.41) is 16.7. The summed E-state index contributed by atoms with van der Waals surface area (Å²) in [5.41, 5.74) is 6.56. The number of benzene rings is 1. The van der Waals surface area contributed by atoms with Crippen LogP contribution in [0.3, 0.4) is 0 Å². The molecule has 16 heteroatoms. The van der Waals surface area contributed by atoms with Crippen molar-refractivity contribution < 1.29 is 33.0 Å². The number of anilines is 2. The minimum Gasteiger partial charge on any atom is -0.465 e. The predicted molar refractivity (Wildman–Crippen MR) is 148 cm³/mol. The van der Waals surface area contributed by atoms with Crippen LogP contribution in [0.2, 0.25) is 0 Å². The van der Waals surface area contributed by atoms with E-state index in [0.29, 0.717) is 17.0 Å². The minimum atomic E-state index is -4.22. The van der Waals surface area contributed by atoms with Crippen LogP contribution >= 0.6 is 19.3 Å². The summed E-state index contributed by atoms with van der Waals surface area (Å²) in [5.74, 6) is -0.0582. The van der Waals surface area contributed by atoms with Crippen molar-refractivity contribution in [2.45, 2.75) is 43.2 Å². The fourth-order valence-corrected chi connectivity index (χ4v) is 5.92. The molecule has 0 aliphatic carbocycles. The first-order chi connectivity index (χ1) is 19.0. The number of ether oxygens (including phenoxy) is 2. The van der Waals surface area contributed by atoms with E-state index in [-0.39, 0.29) is 18.3 Å². The van der Waals surface area contributed by atoms with Crippen LogP contribution in [0, 0.1) is 0 Å². The lowest BCUT2D eigenvalue weighted by Crippen LogP contribution is -2.41. The first-order valence-electron chi connectivity index (χ1n) is 12.3. The highest BCUT2D eigenvalue weighted by Gasteiger charge is 2.55. The summed E-state index contributed by atoms with van der Waals surface area (Å²) in [6, 6.07) is 7.22. The van der Waals surface area contributed by atoms with Crippen molar-refractivity contribution in [2.75, 3.05) is 31.3 Å². The Morgan fingerprint density at radius 3 is 2.77 bits per heavy atom. The number of esters is 1. The number of aliphatic hydroxyl groups excluding tert-OH is 1. The van der Waals surface area contributed by atoms with Crippen molar-refractivity contribution in [3.63, 3.8) is 0 Å². The van der Waals surface area contributed by atoms with Gasteiger partial charge in [0.05, 0.1) is 19.5 Å². The SMILES string of the molecule is C=C[C@@]1(Cl)[C@H](O)[C@@H](CO[P@@](=O)(N[C@@H](C)C(=O)OCC)Oc2ccccc2)O[C@H]1n1cnc2c(NC)nc(N)nc21. The van der Waals surface area contributed by atoms with E-state index in [2.05, 4.69) is 31.9 Å². The number of nitrogens with zero attached hydrogens (tertiary/aromatic N) is 4. The fraction of sp³-hybridized carbons (Fsp3) is 0.417.